The number of amides is 1. The molecule has 0 aliphatic heterocycles. The maximum absolute atomic E-state index is 13.1. The zero-order valence-corrected chi connectivity index (χ0v) is 20.9. The van der Waals surface area contributed by atoms with E-state index < -0.39 is 5.91 Å². The van der Waals surface area contributed by atoms with Crippen molar-refractivity contribution in [3.63, 3.8) is 0 Å². The molecular weight excluding hydrogens is 499 g/mol. The van der Waals surface area contributed by atoms with Gasteiger partial charge in [-0.05, 0) is 62.7 Å². The first kappa shape index (κ1) is 24.1. The molecule has 2 aromatic carbocycles. The van der Waals surface area contributed by atoms with Crippen LogP contribution in [0, 0.1) is 20.8 Å². The average Bonchev–Trinajstić information content (AvgIpc) is 3.29. The maximum atomic E-state index is 13.1. The topological polar surface area (TPSA) is 82.2 Å². The second-order valence-electron chi connectivity index (χ2n) is 7.70. The lowest BCUT2D eigenvalue weighted by molar-refractivity contribution is 0.101. The molecular formula is C24H21Cl3N4O3. The third kappa shape index (κ3) is 5.22. The minimum absolute atomic E-state index is 0.117. The summed E-state index contributed by atoms with van der Waals surface area (Å²) in [6.07, 6.45) is 0. The number of nitrogens with zero attached hydrogens (tertiary/aromatic N) is 3. The van der Waals surface area contributed by atoms with Gasteiger partial charge in [-0.3, -0.25) is 9.48 Å². The molecule has 0 fully saturated rings. The summed E-state index contributed by atoms with van der Waals surface area (Å²) in [4.78, 5) is 13.1. The van der Waals surface area contributed by atoms with Gasteiger partial charge in [0.2, 0.25) is 0 Å². The number of halogens is 3. The average molecular weight is 520 g/mol. The highest BCUT2D eigenvalue weighted by molar-refractivity contribution is 6.35. The van der Waals surface area contributed by atoms with E-state index in [0.29, 0.717) is 50.1 Å². The molecule has 4 rings (SSSR count). The van der Waals surface area contributed by atoms with Crippen LogP contribution in [-0.2, 0) is 13.2 Å². The van der Waals surface area contributed by atoms with Gasteiger partial charge < -0.3 is 14.6 Å². The minimum Gasteiger partial charge on any atom is -0.489 e. The zero-order valence-electron chi connectivity index (χ0n) is 18.7. The van der Waals surface area contributed by atoms with Crippen LogP contribution in [0.1, 0.15) is 38.8 Å². The lowest BCUT2D eigenvalue weighted by Gasteiger charge is -2.09. The van der Waals surface area contributed by atoms with Crippen LogP contribution in [0.5, 0.6) is 5.75 Å². The molecule has 4 aromatic rings. The molecule has 2 aromatic heterocycles. The Hall–Kier alpha value is -3.00. The van der Waals surface area contributed by atoms with Gasteiger partial charge in [0.05, 0.1) is 29.2 Å². The largest absolute Gasteiger partial charge is 0.489 e. The summed E-state index contributed by atoms with van der Waals surface area (Å²) in [7, 11) is 0. The molecule has 7 nitrogen and oxygen atoms in total. The van der Waals surface area contributed by atoms with Crippen molar-refractivity contribution in [2.24, 2.45) is 0 Å². The Labute approximate surface area is 211 Å². The minimum atomic E-state index is -0.415. The van der Waals surface area contributed by atoms with Crippen molar-refractivity contribution in [2.45, 2.75) is 33.9 Å². The van der Waals surface area contributed by atoms with Gasteiger partial charge >= 0.3 is 0 Å². The molecule has 0 unspecified atom stereocenters. The SMILES string of the molecule is Cc1nn(Cc2ccc(Cl)cc2Cl)c(C)c1NC(=O)c1noc(C)c1COc1ccc(Cl)cc1. The van der Waals surface area contributed by atoms with Gasteiger partial charge in [-0.25, -0.2) is 0 Å². The number of carbonyl (C=O) groups excluding carboxylic acids is 1. The normalized spacial score (nSPS) is 11.0. The van der Waals surface area contributed by atoms with Crippen molar-refractivity contribution in [2.75, 3.05) is 5.32 Å². The summed E-state index contributed by atoms with van der Waals surface area (Å²) >= 11 is 18.2. The van der Waals surface area contributed by atoms with Crippen molar-refractivity contribution < 1.29 is 14.1 Å². The monoisotopic (exact) mass is 518 g/mol. The fraction of sp³-hybridized carbons (Fsp3) is 0.208. The predicted molar refractivity (Wildman–Crippen MR) is 132 cm³/mol. The second-order valence-corrected chi connectivity index (χ2v) is 8.98. The highest BCUT2D eigenvalue weighted by atomic mass is 35.5. The number of rotatable bonds is 7. The fourth-order valence-corrected chi connectivity index (χ4v) is 4.04. The number of anilines is 1. The number of ether oxygens (including phenoxy) is 1. The van der Waals surface area contributed by atoms with Crippen molar-refractivity contribution >= 4 is 46.4 Å². The van der Waals surface area contributed by atoms with E-state index >= 15 is 0 Å². The van der Waals surface area contributed by atoms with Crippen LogP contribution in [0.2, 0.25) is 15.1 Å². The highest BCUT2D eigenvalue weighted by Gasteiger charge is 2.23. The molecule has 0 spiro atoms. The first-order valence-electron chi connectivity index (χ1n) is 10.4. The highest BCUT2D eigenvalue weighted by Crippen LogP contribution is 2.26. The van der Waals surface area contributed by atoms with Crippen molar-refractivity contribution in [1.82, 2.24) is 14.9 Å². The van der Waals surface area contributed by atoms with Crippen LogP contribution in [0.15, 0.2) is 47.0 Å². The molecule has 0 bridgehead atoms. The summed E-state index contributed by atoms with van der Waals surface area (Å²) in [5.74, 6) is 0.702. The first-order chi connectivity index (χ1) is 16.2. The van der Waals surface area contributed by atoms with Gasteiger partial charge in [0.1, 0.15) is 18.1 Å². The summed E-state index contributed by atoms with van der Waals surface area (Å²) in [5, 5.41) is 13.1. The van der Waals surface area contributed by atoms with Gasteiger partial charge in [0, 0.05) is 15.1 Å². The Morgan fingerprint density at radius 1 is 1.06 bits per heavy atom. The van der Waals surface area contributed by atoms with E-state index in [9.17, 15) is 4.79 Å². The molecule has 1 N–H and O–H groups in total. The van der Waals surface area contributed by atoms with E-state index in [-0.39, 0.29) is 12.3 Å². The van der Waals surface area contributed by atoms with E-state index in [4.69, 9.17) is 44.1 Å². The van der Waals surface area contributed by atoms with Crippen LogP contribution in [-0.4, -0.2) is 20.8 Å². The number of nitrogens with one attached hydrogen (secondary N) is 1. The van der Waals surface area contributed by atoms with E-state index in [2.05, 4.69) is 15.6 Å². The fourth-order valence-electron chi connectivity index (χ4n) is 3.44. The Bertz CT molecular complexity index is 1350. The molecule has 0 atom stereocenters. The van der Waals surface area contributed by atoms with Crippen LogP contribution in [0.4, 0.5) is 5.69 Å². The molecule has 0 saturated heterocycles. The van der Waals surface area contributed by atoms with Crippen LogP contribution in [0.25, 0.3) is 0 Å². The molecule has 176 valence electrons. The van der Waals surface area contributed by atoms with E-state index in [1.54, 1.807) is 48.0 Å². The third-order valence-corrected chi connectivity index (χ3v) is 6.19. The van der Waals surface area contributed by atoms with Crippen LogP contribution in [0.3, 0.4) is 0 Å². The molecule has 0 aliphatic rings. The summed E-state index contributed by atoms with van der Waals surface area (Å²) in [6, 6.07) is 12.3. The molecule has 0 radical (unpaired) electrons. The lowest BCUT2D eigenvalue weighted by Crippen LogP contribution is -2.16. The summed E-state index contributed by atoms with van der Waals surface area (Å²) in [6.45, 7) is 5.97. The van der Waals surface area contributed by atoms with Gasteiger partial charge in [-0.1, -0.05) is 46.0 Å². The van der Waals surface area contributed by atoms with Crippen molar-refractivity contribution in [3.05, 3.63) is 91.5 Å². The van der Waals surface area contributed by atoms with Gasteiger partial charge in [-0.15, -0.1) is 0 Å². The van der Waals surface area contributed by atoms with Crippen LogP contribution >= 0.6 is 34.8 Å². The van der Waals surface area contributed by atoms with E-state index in [1.807, 2.05) is 19.9 Å². The number of aryl methyl sites for hydroxylation is 2. The summed E-state index contributed by atoms with van der Waals surface area (Å²) < 4.78 is 12.8. The second kappa shape index (κ2) is 10.1. The maximum Gasteiger partial charge on any atom is 0.278 e. The quantitative estimate of drug-likeness (QED) is 0.296. The Kier molecular flexibility index (Phi) is 7.16. The number of hydrogen-bond acceptors (Lipinski definition) is 5. The number of hydrogen-bond donors (Lipinski definition) is 1. The van der Waals surface area contributed by atoms with Gasteiger partial charge in [0.15, 0.2) is 5.69 Å². The lowest BCUT2D eigenvalue weighted by atomic mass is 10.2. The van der Waals surface area contributed by atoms with Crippen molar-refractivity contribution in [1.29, 1.82) is 0 Å². The molecule has 0 aliphatic carbocycles. The Balaban J connectivity index is 1.51. The van der Waals surface area contributed by atoms with Gasteiger partial charge in [0.25, 0.3) is 5.91 Å². The molecule has 34 heavy (non-hydrogen) atoms. The number of benzene rings is 2. The Morgan fingerprint density at radius 2 is 1.76 bits per heavy atom. The molecule has 1 amide bonds. The molecule has 2 heterocycles. The van der Waals surface area contributed by atoms with E-state index in [1.165, 1.54) is 0 Å². The first-order valence-corrected chi connectivity index (χ1v) is 11.5. The smallest absolute Gasteiger partial charge is 0.278 e. The molecule has 0 saturated carbocycles. The van der Waals surface area contributed by atoms with Crippen molar-refractivity contribution in [3.8, 4) is 5.75 Å². The number of carbonyl (C=O) groups is 1. The van der Waals surface area contributed by atoms with Gasteiger partial charge in [-0.2, -0.15) is 5.10 Å². The Morgan fingerprint density at radius 3 is 2.47 bits per heavy atom. The predicted octanol–water partition coefficient (Wildman–Crippen LogP) is 6.64. The summed E-state index contributed by atoms with van der Waals surface area (Å²) in [5.41, 5.74) is 3.61. The standard InChI is InChI=1S/C24H21Cl3N4O3/c1-13-22(14(2)31(29-13)11-16-4-5-18(26)10-21(16)27)28-24(32)23-20(15(3)34-30-23)12-33-19-8-6-17(25)7-9-19/h4-10H,11-12H2,1-3H3,(H,28,32). The molecule has 10 heteroatoms. The van der Waals surface area contributed by atoms with E-state index in [0.717, 1.165) is 11.3 Å². The number of aromatic nitrogens is 3. The third-order valence-electron chi connectivity index (χ3n) is 5.35. The van der Waals surface area contributed by atoms with Crippen LogP contribution < -0.4 is 10.1 Å². The zero-order chi connectivity index (χ0) is 24.4.